The second-order valence-electron chi connectivity index (χ2n) is 2.43. The molecule has 0 N–H and O–H groups in total. The van der Waals surface area contributed by atoms with Gasteiger partial charge in [0.2, 0.25) is 0 Å². The fourth-order valence-corrected chi connectivity index (χ4v) is 0.971. The summed E-state index contributed by atoms with van der Waals surface area (Å²) in [7, 11) is 3.61. The monoisotopic (exact) mass is 139 g/mol. The molecule has 0 aromatic heterocycles. The van der Waals surface area contributed by atoms with E-state index in [1.807, 2.05) is 12.1 Å². The summed E-state index contributed by atoms with van der Waals surface area (Å²) in [4.78, 5) is 4.98. The molecule has 1 aliphatic rings. The summed E-state index contributed by atoms with van der Waals surface area (Å²) in [6.45, 7) is 0.934. The van der Waals surface area contributed by atoms with Gasteiger partial charge >= 0.3 is 0 Å². The van der Waals surface area contributed by atoms with Crippen LogP contribution in [0.5, 0.6) is 0 Å². The Balaban J connectivity index is 2.25. The van der Waals surface area contributed by atoms with Crippen molar-refractivity contribution >= 4 is 0 Å². The minimum atomic E-state index is 0.532. The van der Waals surface area contributed by atoms with Gasteiger partial charge in [0.05, 0.1) is 7.11 Å². The lowest BCUT2D eigenvalue weighted by molar-refractivity contribution is -0.112. The Morgan fingerprint density at radius 1 is 1.40 bits per heavy atom. The fourth-order valence-electron chi connectivity index (χ4n) is 0.971. The van der Waals surface area contributed by atoms with Crippen LogP contribution in [0.15, 0.2) is 24.3 Å². The van der Waals surface area contributed by atoms with Crippen molar-refractivity contribution in [2.24, 2.45) is 5.92 Å². The number of nitrogens with zero attached hydrogens (tertiary/aromatic N) is 1. The molecule has 0 unspecified atom stereocenters. The van der Waals surface area contributed by atoms with Crippen LogP contribution in [0.1, 0.15) is 0 Å². The van der Waals surface area contributed by atoms with Crippen LogP contribution in [0.4, 0.5) is 0 Å². The third-order valence-corrected chi connectivity index (χ3v) is 1.61. The van der Waals surface area contributed by atoms with Gasteiger partial charge in [0, 0.05) is 19.5 Å². The summed E-state index contributed by atoms with van der Waals surface area (Å²) in [5.74, 6) is 0.532. The highest BCUT2D eigenvalue weighted by Gasteiger charge is 2.05. The lowest BCUT2D eigenvalue weighted by atomic mass is 10.2. The second kappa shape index (κ2) is 3.54. The molecule has 2 nitrogen and oxygen atoms in total. The van der Waals surface area contributed by atoms with Crippen LogP contribution in [-0.2, 0) is 4.84 Å². The van der Waals surface area contributed by atoms with Gasteiger partial charge in [0.1, 0.15) is 0 Å². The Bertz CT molecular complexity index is 139. The zero-order chi connectivity index (χ0) is 7.40. The first kappa shape index (κ1) is 7.51. The predicted molar refractivity (Wildman–Crippen MR) is 41.4 cm³/mol. The molecule has 0 radical (unpaired) electrons. The van der Waals surface area contributed by atoms with Crippen LogP contribution >= 0.6 is 0 Å². The average Bonchev–Trinajstić information content (AvgIpc) is 2.40. The highest BCUT2D eigenvalue weighted by molar-refractivity contribution is 5.17. The molecule has 0 amide bonds. The van der Waals surface area contributed by atoms with Crippen molar-refractivity contribution in [3.63, 3.8) is 0 Å². The summed E-state index contributed by atoms with van der Waals surface area (Å²) in [6, 6.07) is 0. The van der Waals surface area contributed by atoms with Crippen molar-refractivity contribution in [2.45, 2.75) is 0 Å². The van der Waals surface area contributed by atoms with Gasteiger partial charge in [0.15, 0.2) is 0 Å². The standard InChI is InChI=1S/C8H13NO/c1-9(10-2)7-8-5-3-4-6-8/h3-6,8H,7H2,1-2H3. The van der Waals surface area contributed by atoms with Gasteiger partial charge in [0.25, 0.3) is 0 Å². The smallest absolute Gasteiger partial charge is 0.0575 e. The minimum Gasteiger partial charge on any atom is -0.303 e. The number of rotatable bonds is 3. The molecule has 0 aromatic rings. The largest absolute Gasteiger partial charge is 0.303 e. The first-order valence-corrected chi connectivity index (χ1v) is 3.43. The van der Waals surface area contributed by atoms with E-state index in [1.54, 1.807) is 7.11 Å². The van der Waals surface area contributed by atoms with Crippen LogP contribution in [0, 0.1) is 5.92 Å². The van der Waals surface area contributed by atoms with Gasteiger partial charge in [-0.2, -0.15) is 5.06 Å². The van der Waals surface area contributed by atoms with E-state index in [-0.39, 0.29) is 0 Å². The highest BCUT2D eigenvalue weighted by atomic mass is 16.7. The Labute approximate surface area is 61.7 Å². The van der Waals surface area contributed by atoms with Crippen molar-refractivity contribution in [1.82, 2.24) is 5.06 Å². The molecule has 0 fully saturated rings. The molecule has 1 rings (SSSR count). The third kappa shape index (κ3) is 1.97. The minimum absolute atomic E-state index is 0.532. The SMILES string of the molecule is CON(C)CC1C=CC=C1. The van der Waals surface area contributed by atoms with Crippen molar-refractivity contribution in [3.05, 3.63) is 24.3 Å². The molecule has 0 spiro atoms. The summed E-state index contributed by atoms with van der Waals surface area (Å²) < 4.78 is 0. The van der Waals surface area contributed by atoms with Crippen LogP contribution < -0.4 is 0 Å². The van der Waals surface area contributed by atoms with Crippen molar-refractivity contribution in [1.29, 1.82) is 0 Å². The average molecular weight is 139 g/mol. The maximum atomic E-state index is 4.98. The normalized spacial score (nSPS) is 17.5. The van der Waals surface area contributed by atoms with E-state index in [0.29, 0.717) is 5.92 Å². The van der Waals surface area contributed by atoms with Crippen LogP contribution in [0.2, 0.25) is 0 Å². The first-order valence-electron chi connectivity index (χ1n) is 3.43. The quantitative estimate of drug-likeness (QED) is 0.545. The molecular weight excluding hydrogens is 126 g/mol. The van der Waals surface area contributed by atoms with E-state index in [9.17, 15) is 0 Å². The molecule has 0 saturated heterocycles. The van der Waals surface area contributed by atoms with E-state index < -0.39 is 0 Å². The lowest BCUT2D eigenvalue weighted by Gasteiger charge is -2.15. The van der Waals surface area contributed by atoms with Gasteiger partial charge in [-0.1, -0.05) is 24.3 Å². The molecule has 0 bridgehead atoms. The molecule has 0 aliphatic heterocycles. The maximum Gasteiger partial charge on any atom is 0.0575 e. The summed E-state index contributed by atoms with van der Waals surface area (Å²) >= 11 is 0. The molecule has 1 aliphatic carbocycles. The van der Waals surface area contributed by atoms with E-state index in [1.165, 1.54) is 0 Å². The van der Waals surface area contributed by atoms with Crippen LogP contribution in [-0.4, -0.2) is 25.8 Å². The number of hydrogen-bond donors (Lipinski definition) is 0. The Morgan fingerprint density at radius 3 is 2.50 bits per heavy atom. The second-order valence-corrected chi connectivity index (χ2v) is 2.43. The zero-order valence-electron chi connectivity index (χ0n) is 6.45. The van der Waals surface area contributed by atoms with E-state index >= 15 is 0 Å². The summed E-state index contributed by atoms with van der Waals surface area (Å²) in [5.41, 5.74) is 0. The summed E-state index contributed by atoms with van der Waals surface area (Å²) in [6.07, 6.45) is 8.45. The Morgan fingerprint density at radius 2 is 2.00 bits per heavy atom. The molecule has 0 saturated carbocycles. The van der Waals surface area contributed by atoms with E-state index in [0.717, 1.165) is 6.54 Å². The highest BCUT2D eigenvalue weighted by Crippen LogP contribution is 2.09. The fraction of sp³-hybridized carbons (Fsp3) is 0.500. The predicted octanol–water partition coefficient (Wildman–Crippen LogP) is 1.22. The molecule has 10 heavy (non-hydrogen) atoms. The van der Waals surface area contributed by atoms with Crippen LogP contribution in [0.3, 0.4) is 0 Å². The Hall–Kier alpha value is -0.600. The van der Waals surface area contributed by atoms with Crippen molar-refractivity contribution in [3.8, 4) is 0 Å². The molecule has 2 heteroatoms. The molecule has 0 heterocycles. The topological polar surface area (TPSA) is 12.5 Å². The van der Waals surface area contributed by atoms with Crippen LogP contribution in [0.25, 0.3) is 0 Å². The number of hydrogen-bond acceptors (Lipinski definition) is 2. The number of allylic oxidation sites excluding steroid dienone is 2. The zero-order valence-corrected chi connectivity index (χ0v) is 6.45. The van der Waals surface area contributed by atoms with E-state index in [2.05, 4.69) is 24.3 Å². The van der Waals surface area contributed by atoms with Crippen molar-refractivity contribution < 1.29 is 4.84 Å². The van der Waals surface area contributed by atoms with Gasteiger partial charge < -0.3 is 4.84 Å². The van der Waals surface area contributed by atoms with E-state index in [4.69, 9.17) is 4.84 Å². The van der Waals surface area contributed by atoms with Gasteiger partial charge in [-0.25, -0.2) is 0 Å². The molecule has 0 aromatic carbocycles. The molecule has 0 atom stereocenters. The molecular formula is C8H13NO. The van der Waals surface area contributed by atoms with Gasteiger partial charge in [-0.3, -0.25) is 0 Å². The summed E-state index contributed by atoms with van der Waals surface area (Å²) in [5, 5.41) is 1.82. The maximum absolute atomic E-state index is 4.98. The van der Waals surface area contributed by atoms with Crippen molar-refractivity contribution in [2.75, 3.05) is 20.7 Å². The first-order chi connectivity index (χ1) is 4.83. The van der Waals surface area contributed by atoms with Gasteiger partial charge in [-0.05, 0) is 0 Å². The molecule has 56 valence electrons. The Kier molecular flexibility index (Phi) is 2.66. The third-order valence-electron chi connectivity index (χ3n) is 1.61. The van der Waals surface area contributed by atoms with Gasteiger partial charge in [-0.15, -0.1) is 0 Å². The number of hydroxylamine groups is 2. The lowest BCUT2D eigenvalue weighted by Crippen LogP contribution is -2.22.